The minimum Gasteiger partial charge on any atom is -0.394 e. The Balaban J connectivity index is 2.07. The van der Waals surface area contributed by atoms with E-state index < -0.39 is 42.8 Å². The van der Waals surface area contributed by atoms with E-state index in [1.54, 1.807) is 0 Å². The molecule has 1 aliphatic rings. The fraction of sp³-hybridized carbons (Fsp3) is 0.417. The number of benzene rings is 1. The molecule has 20 heavy (non-hydrogen) atoms. The van der Waals surface area contributed by atoms with Crippen molar-refractivity contribution in [3.8, 4) is 0 Å². The average Bonchev–Trinajstić information content (AvgIpc) is 2.93. The van der Waals surface area contributed by atoms with E-state index in [0.29, 0.717) is 6.07 Å². The molecular formula is C12H11F3N2O3. The minimum absolute atomic E-state index is 0.0148. The quantitative estimate of drug-likeness (QED) is 0.861. The lowest BCUT2D eigenvalue weighted by Gasteiger charge is -2.15. The maximum Gasteiger partial charge on any atom is 0.173 e. The Morgan fingerprint density at radius 3 is 2.75 bits per heavy atom. The molecule has 0 spiro atoms. The number of fused-ring (bicyclic) bond motifs is 1. The Labute approximate surface area is 111 Å². The van der Waals surface area contributed by atoms with Gasteiger partial charge in [0.25, 0.3) is 0 Å². The van der Waals surface area contributed by atoms with Gasteiger partial charge in [-0.15, -0.1) is 0 Å². The molecule has 0 bridgehead atoms. The summed E-state index contributed by atoms with van der Waals surface area (Å²) in [5.74, 6) is -1.70. The summed E-state index contributed by atoms with van der Waals surface area (Å²) < 4.78 is 47.0. The highest BCUT2D eigenvalue weighted by molar-refractivity contribution is 5.76. The van der Waals surface area contributed by atoms with E-state index >= 15 is 0 Å². The Kier molecular flexibility index (Phi) is 3.15. The second-order valence-electron chi connectivity index (χ2n) is 4.59. The van der Waals surface area contributed by atoms with Crippen LogP contribution in [0.4, 0.5) is 13.2 Å². The lowest BCUT2D eigenvalue weighted by molar-refractivity contribution is -0.0457. The van der Waals surface area contributed by atoms with Gasteiger partial charge in [-0.1, -0.05) is 0 Å². The van der Waals surface area contributed by atoms with Gasteiger partial charge >= 0.3 is 0 Å². The average molecular weight is 288 g/mol. The predicted molar refractivity (Wildman–Crippen MR) is 61.5 cm³/mol. The fourth-order valence-electron chi connectivity index (χ4n) is 2.34. The number of imidazole rings is 1. The third-order valence-corrected chi connectivity index (χ3v) is 3.35. The molecule has 1 aliphatic heterocycles. The highest BCUT2D eigenvalue weighted by Crippen LogP contribution is 2.34. The van der Waals surface area contributed by atoms with Gasteiger partial charge in [-0.2, -0.15) is 0 Å². The number of ether oxygens (including phenoxy) is 1. The Morgan fingerprint density at radius 1 is 1.35 bits per heavy atom. The van der Waals surface area contributed by atoms with Crippen LogP contribution in [0.1, 0.15) is 6.23 Å². The van der Waals surface area contributed by atoms with Crippen LogP contribution in [-0.4, -0.2) is 44.8 Å². The number of hydrogen-bond donors (Lipinski definition) is 2. The molecule has 8 heteroatoms. The normalized spacial score (nSPS) is 30.2. The van der Waals surface area contributed by atoms with Crippen LogP contribution in [0, 0.1) is 11.6 Å². The Hall–Kier alpha value is -1.64. The topological polar surface area (TPSA) is 67.5 Å². The number of rotatable bonds is 2. The van der Waals surface area contributed by atoms with Crippen molar-refractivity contribution in [3.05, 3.63) is 30.1 Å². The maximum atomic E-state index is 14.0. The van der Waals surface area contributed by atoms with E-state index in [1.807, 2.05) is 0 Å². The summed E-state index contributed by atoms with van der Waals surface area (Å²) in [4.78, 5) is 3.74. The molecule has 0 aliphatic carbocycles. The van der Waals surface area contributed by atoms with Crippen LogP contribution in [0.25, 0.3) is 11.0 Å². The third kappa shape index (κ3) is 1.88. The van der Waals surface area contributed by atoms with Gasteiger partial charge in [-0.3, -0.25) is 0 Å². The molecule has 108 valence electrons. The number of halogens is 3. The summed E-state index contributed by atoms with van der Waals surface area (Å²) in [5, 5.41) is 18.5. The zero-order valence-electron chi connectivity index (χ0n) is 10.1. The zero-order valence-corrected chi connectivity index (χ0v) is 10.1. The van der Waals surface area contributed by atoms with Crippen LogP contribution in [0.5, 0.6) is 0 Å². The Morgan fingerprint density at radius 2 is 2.10 bits per heavy atom. The summed E-state index contributed by atoms with van der Waals surface area (Å²) in [6.07, 6.45) is -4.63. The van der Waals surface area contributed by atoms with Gasteiger partial charge in [0.1, 0.15) is 23.5 Å². The number of aliphatic hydroxyl groups excluding tert-OH is 2. The molecule has 0 radical (unpaired) electrons. The smallest absolute Gasteiger partial charge is 0.173 e. The van der Waals surface area contributed by atoms with E-state index in [-0.39, 0.29) is 11.0 Å². The van der Waals surface area contributed by atoms with Crippen LogP contribution in [-0.2, 0) is 4.74 Å². The van der Waals surface area contributed by atoms with Crippen LogP contribution < -0.4 is 0 Å². The summed E-state index contributed by atoms with van der Waals surface area (Å²) in [5.41, 5.74) is -0.106. The standard InChI is InChI=1S/C12H11F3N2O3/c13-5-1-6(14)10-7(2-5)17(4-16-10)12-9(15)11(19)8(3-18)20-12/h1-2,4,8-9,11-12,18-19H,3H2/t8-,9+,11-,12-/m1/s1. The van der Waals surface area contributed by atoms with Crippen molar-refractivity contribution in [3.63, 3.8) is 0 Å². The minimum atomic E-state index is -1.84. The fourth-order valence-corrected chi connectivity index (χ4v) is 2.34. The molecule has 1 saturated heterocycles. The van der Waals surface area contributed by atoms with Gasteiger partial charge in [0.05, 0.1) is 18.5 Å². The molecule has 1 aromatic carbocycles. The van der Waals surface area contributed by atoms with E-state index in [1.165, 1.54) is 0 Å². The molecule has 4 atom stereocenters. The molecule has 5 nitrogen and oxygen atoms in total. The second-order valence-corrected chi connectivity index (χ2v) is 4.59. The molecule has 0 unspecified atom stereocenters. The number of hydrogen-bond acceptors (Lipinski definition) is 4. The van der Waals surface area contributed by atoms with Crippen LogP contribution in [0.15, 0.2) is 18.5 Å². The summed E-state index contributed by atoms with van der Waals surface area (Å²) >= 11 is 0. The largest absolute Gasteiger partial charge is 0.394 e. The lowest BCUT2D eigenvalue weighted by atomic mass is 10.1. The van der Waals surface area contributed by atoms with Gasteiger partial charge in [0.15, 0.2) is 18.2 Å². The van der Waals surface area contributed by atoms with Crippen molar-refractivity contribution < 1.29 is 28.1 Å². The Bertz CT molecular complexity index is 648. The van der Waals surface area contributed by atoms with E-state index in [4.69, 9.17) is 9.84 Å². The molecule has 3 rings (SSSR count). The number of aliphatic hydroxyl groups is 2. The predicted octanol–water partition coefficient (Wildman–Crippen LogP) is 0.903. The van der Waals surface area contributed by atoms with E-state index in [2.05, 4.69) is 4.98 Å². The molecule has 0 amide bonds. The molecular weight excluding hydrogens is 277 g/mol. The molecule has 1 aromatic heterocycles. The van der Waals surface area contributed by atoms with Crippen molar-refractivity contribution >= 4 is 11.0 Å². The number of aromatic nitrogens is 2. The van der Waals surface area contributed by atoms with Gasteiger partial charge in [-0.25, -0.2) is 18.2 Å². The monoisotopic (exact) mass is 288 g/mol. The molecule has 2 N–H and O–H groups in total. The first-order chi connectivity index (χ1) is 9.52. The van der Waals surface area contributed by atoms with Gasteiger partial charge < -0.3 is 19.5 Å². The summed E-state index contributed by atoms with van der Waals surface area (Å²) in [6, 6.07) is 1.67. The third-order valence-electron chi connectivity index (χ3n) is 3.35. The van der Waals surface area contributed by atoms with Gasteiger partial charge in [-0.05, 0) is 0 Å². The van der Waals surface area contributed by atoms with Gasteiger partial charge in [0.2, 0.25) is 0 Å². The van der Waals surface area contributed by atoms with Crippen molar-refractivity contribution in [2.45, 2.75) is 24.6 Å². The summed E-state index contributed by atoms with van der Waals surface area (Å²) in [7, 11) is 0. The van der Waals surface area contributed by atoms with E-state index in [9.17, 15) is 18.3 Å². The van der Waals surface area contributed by atoms with Crippen molar-refractivity contribution in [1.29, 1.82) is 0 Å². The molecule has 1 fully saturated rings. The number of alkyl halides is 1. The second kappa shape index (κ2) is 4.72. The summed E-state index contributed by atoms with van der Waals surface area (Å²) in [6.45, 7) is -0.562. The SMILES string of the molecule is OC[C@H]1O[C@@H](n2cnc3c(F)cc(F)cc32)[C@@H](F)[C@@H]1O. The van der Waals surface area contributed by atoms with Crippen LogP contribution in [0.2, 0.25) is 0 Å². The molecule has 0 saturated carbocycles. The van der Waals surface area contributed by atoms with Crippen molar-refractivity contribution in [1.82, 2.24) is 9.55 Å². The van der Waals surface area contributed by atoms with E-state index in [0.717, 1.165) is 17.0 Å². The lowest BCUT2D eigenvalue weighted by Crippen LogP contribution is -2.30. The number of nitrogens with zero attached hydrogens (tertiary/aromatic N) is 2. The first-order valence-electron chi connectivity index (χ1n) is 5.93. The first kappa shape index (κ1) is 13.3. The maximum absolute atomic E-state index is 14.0. The molecule has 2 aromatic rings. The van der Waals surface area contributed by atoms with Gasteiger partial charge in [0, 0.05) is 12.1 Å². The highest BCUT2D eigenvalue weighted by atomic mass is 19.1. The highest BCUT2D eigenvalue weighted by Gasteiger charge is 2.45. The molecule has 2 heterocycles. The first-order valence-corrected chi connectivity index (χ1v) is 5.93. The van der Waals surface area contributed by atoms with Crippen LogP contribution >= 0.6 is 0 Å². The van der Waals surface area contributed by atoms with Crippen molar-refractivity contribution in [2.24, 2.45) is 0 Å². The van der Waals surface area contributed by atoms with Crippen LogP contribution in [0.3, 0.4) is 0 Å². The van der Waals surface area contributed by atoms with Crippen molar-refractivity contribution in [2.75, 3.05) is 6.61 Å². The zero-order chi connectivity index (χ0) is 14.4.